The van der Waals surface area contributed by atoms with Gasteiger partial charge in [0.25, 0.3) is 5.91 Å². The Hall–Kier alpha value is -4.52. The molecule has 0 saturated heterocycles. The average molecular weight is 494 g/mol. The Bertz CT molecular complexity index is 1540. The number of hydrogen-bond acceptors (Lipinski definition) is 4. The molecule has 1 atom stereocenters. The lowest BCUT2D eigenvalue weighted by Crippen LogP contribution is -2.25. The number of carbonyl (C=O) groups is 2. The molecule has 0 fully saturated rings. The maximum absolute atomic E-state index is 13.4. The molecular weight excluding hydrogens is 462 g/mol. The van der Waals surface area contributed by atoms with Crippen LogP contribution in [0.4, 0.5) is 5.69 Å². The van der Waals surface area contributed by atoms with E-state index in [0.29, 0.717) is 29.6 Å². The summed E-state index contributed by atoms with van der Waals surface area (Å²) < 4.78 is 3.83. The Morgan fingerprint density at radius 2 is 1.84 bits per heavy atom. The van der Waals surface area contributed by atoms with Gasteiger partial charge in [-0.3, -0.25) is 15.0 Å². The normalized spacial score (nSPS) is 12.7. The molecule has 0 bridgehead atoms. The maximum atomic E-state index is 13.4. The molecule has 2 aromatic heterocycles. The van der Waals surface area contributed by atoms with Crippen LogP contribution in [0.3, 0.4) is 0 Å². The van der Waals surface area contributed by atoms with Gasteiger partial charge in [-0.25, -0.2) is 4.68 Å². The number of aromatic nitrogens is 3. The first-order valence-corrected chi connectivity index (χ1v) is 12.4. The largest absolute Gasteiger partial charge is 0.346 e. The number of amides is 1. The smallest absolute Gasteiger partial charge is 0.259 e. The van der Waals surface area contributed by atoms with Crippen molar-refractivity contribution in [2.45, 2.75) is 33.7 Å². The molecule has 0 aliphatic carbocycles. The molecule has 1 unspecified atom stereocenters. The predicted octanol–water partition coefficient (Wildman–Crippen LogP) is 5.92. The van der Waals surface area contributed by atoms with Crippen molar-refractivity contribution in [2.24, 2.45) is 5.92 Å². The van der Waals surface area contributed by atoms with E-state index in [9.17, 15) is 9.59 Å². The summed E-state index contributed by atoms with van der Waals surface area (Å²) in [6.45, 7) is 6.48. The third kappa shape index (κ3) is 5.67. The molecule has 2 aromatic carbocycles. The Labute approximate surface area is 216 Å². The van der Waals surface area contributed by atoms with Gasteiger partial charge in [-0.2, -0.15) is 5.10 Å². The molecule has 0 saturated carbocycles. The number of carbonyl (C=O) groups excluding carboxylic acids is 2. The van der Waals surface area contributed by atoms with Crippen molar-refractivity contribution in [2.75, 3.05) is 5.32 Å². The van der Waals surface area contributed by atoms with Gasteiger partial charge in [0.05, 0.1) is 27.8 Å². The second kappa shape index (κ2) is 11.5. The minimum Gasteiger partial charge on any atom is -0.346 e. The summed E-state index contributed by atoms with van der Waals surface area (Å²) in [7, 11) is 0. The van der Waals surface area contributed by atoms with Gasteiger partial charge in [0, 0.05) is 42.5 Å². The molecule has 1 amide bonds. The number of pyridine rings is 1. The summed E-state index contributed by atoms with van der Waals surface area (Å²) >= 11 is 0. The van der Waals surface area contributed by atoms with Crippen molar-refractivity contribution in [1.82, 2.24) is 14.3 Å². The van der Waals surface area contributed by atoms with Crippen LogP contribution < -0.4 is 10.7 Å². The van der Waals surface area contributed by atoms with Gasteiger partial charge in [0.15, 0.2) is 5.78 Å². The van der Waals surface area contributed by atoms with Crippen LogP contribution in [0.25, 0.3) is 16.6 Å². The molecule has 188 valence electrons. The van der Waals surface area contributed by atoms with Crippen molar-refractivity contribution in [1.29, 1.82) is 5.41 Å². The third-order valence-corrected chi connectivity index (χ3v) is 6.22. The molecule has 37 heavy (non-hydrogen) atoms. The van der Waals surface area contributed by atoms with Crippen LogP contribution in [-0.4, -0.2) is 26.0 Å². The van der Waals surface area contributed by atoms with Crippen molar-refractivity contribution in [3.8, 4) is 0 Å². The number of allylic oxidation sites excluding steroid dienone is 4. The average Bonchev–Trinajstić information content (AvgIpc) is 3.45. The van der Waals surface area contributed by atoms with Gasteiger partial charge in [-0.1, -0.05) is 56.3 Å². The number of nitrogens with zero attached hydrogens (tertiary/aromatic N) is 3. The summed E-state index contributed by atoms with van der Waals surface area (Å²) in [5.41, 5.74) is 3.01. The van der Waals surface area contributed by atoms with Gasteiger partial charge < -0.3 is 9.88 Å². The van der Waals surface area contributed by atoms with E-state index in [1.54, 1.807) is 43.6 Å². The third-order valence-electron chi connectivity index (χ3n) is 6.22. The van der Waals surface area contributed by atoms with E-state index >= 15 is 0 Å². The van der Waals surface area contributed by atoms with E-state index in [0.717, 1.165) is 11.2 Å². The van der Waals surface area contributed by atoms with Crippen LogP contribution in [0.2, 0.25) is 0 Å². The first-order chi connectivity index (χ1) is 17.9. The number of ketones is 1. The number of para-hydroxylation sites is 2. The van der Waals surface area contributed by atoms with Crippen LogP contribution in [0.5, 0.6) is 0 Å². The molecule has 4 rings (SSSR count). The number of hydrogen-bond donors (Lipinski definition) is 2. The highest BCUT2D eigenvalue weighted by Crippen LogP contribution is 2.20. The highest BCUT2D eigenvalue weighted by Gasteiger charge is 2.17. The summed E-state index contributed by atoms with van der Waals surface area (Å²) in [6, 6.07) is 16.5. The van der Waals surface area contributed by atoms with Crippen LogP contribution in [0, 0.1) is 11.3 Å². The highest BCUT2D eigenvalue weighted by molar-refractivity contribution is 6.10. The van der Waals surface area contributed by atoms with E-state index in [1.165, 1.54) is 0 Å². The summed E-state index contributed by atoms with van der Waals surface area (Å²) in [6.07, 6.45) is 11.9. The Balaban J connectivity index is 1.66. The lowest BCUT2D eigenvalue weighted by atomic mass is 10.1. The van der Waals surface area contributed by atoms with Gasteiger partial charge in [-0.15, -0.1) is 0 Å². The fraction of sp³-hybridized carbons (Fsp3) is 0.200. The fourth-order valence-electron chi connectivity index (χ4n) is 4.27. The van der Waals surface area contributed by atoms with Gasteiger partial charge >= 0.3 is 0 Å². The SMILES string of the molecule is C/C=C(\C=C/C(C)Cn1cc(C(=O)Nc2ccccc2C(=O)CC)c(=N)c2ccccc21)n1cccn1. The second-order valence-corrected chi connectivity index (χ2v) is 8.86. The minimum absolute atomic E-state index is 0.0493. The number of Topliss-reactive ketones (excluding diaryl/α,β-unsaturated/α-hetero) is 1. The first kappa shape index (κ1) is 25.6. The van der Waals surface area contributed by atoms with E-state index < -0.39 is 5.91 Å². The Kier molecular flexibility index (Phi) is 7.93. The maximum Gasteiger partial charge on any atom is 0.259 e. The summed E-state index contributed by atoms with van der Waals surface area (Å²) in [5, 5.41) is 16.8. The molecule has 2 N–H and O–H groups in total. The number of benzene rings is 2. The number of anilines is 1. The van der Waals surface area contributed by atoms with Crippen molar-refractivity contribution in [3.63, 3.8) is 0 Å². The molecule has 4 aromatic rings. The van der Waals surface area contributed by atoms with Crippen LogP contribution in [0.15, 0.2) is 91.4 Å². The van der Waals surface area contributed by atoms with Crippen molar-refractivity contribution >= 4 is 34.0 Å². The molecule has 0 spiro atoms. The molecule has 0 aliphatic heterocycles. The van der Waals surface area contributed by atoms with Gasteiger partial charge in [0.1, 0.15) is 0 Å². The number of rotatable bonds is 9. The number of nitrogens with one attached hydrogen (secondary N) is 2. The summed E-state index contributed by atoms with van der Waals surface area (Å²) in [5.74, 6) is -0.333. The van der Waals surface area contributed by atoms with Crippen LogP contribution in [0.1, 0.15) is 47.9 Å². The lowest BCUT2D eigenvalue weighted by molar-refractivity contribution is 0.0989. The van der Waals surface area contributed by atoms with Crippen molar-refractivity contribution < 1.29 is 9.59 Å². The fourth-order valence-corrected chi connectivity index (χ4v) is 4.27. The standard InChI is InChI=1S/C30H31N5O2/c1-4-22(35-18-10-17-32-35)16-15-21(3)19-34-20-25(29(31)24-12-7-9-14-27(24)34)30(37)33-26-13-8-6-11-23(26)28(36)5-2/h4,6-18,20-21,31H,5,19H2,1-3H3,(H,33,37)/b16-15-,22-4+,31-29?. The Morgan fingerprint density at radius 3 is 2.57 bits per heavy atom. The first-order valence-electron chi connectivity index (χ1n) is 12.4. The van der Waals surface area contributed by atoms with E-state index in [1.807, 2.05) is 64.9 Å². The van der Waals surface area contributed by atoms with Gasteiger partial charge in [0.2, 0.25) is 0 Å². The van der Waals surface area contributed by atoms with E-state index in [2.05, 4.69) is 23.4 Å². The monoisotopic (exact) mass is 493 g/mol. The summed E-state index contributed by atoms with van der Waals surface area (Å²) in [4.78, 5) is 25.7. The molecule has 0 radical (unpaired) electrons. The topological polar surface area (TPSA) is 92.8 Å². The molecule has 7 heteroatoms. The second-order valence-electron chi connectivity index (χ2n) is 8.86. The van der Waals surface area contributed by atoms with Crippen molar-refractivity contribution in [3.05, 3.63) is 108 Å². The molecule has 7 nitrogen and oxygen atoms in total. The highest BCUT2D eigenvalue weighted by atomic mass is 16.2. The van der Waals surface area contributed by atoms with Crippen LogP contribution in [-0.2, 0) is 6.54 Å². The quantitative estimate of drug-likeness (QED) is 0.224. The number of fused-ring (bicyclic) bond motifs is 1. The minimum atomic E-state index is -0.418. The van der Waals surface area contributed by atoms with E-state index in [-0.39, 0.29) is 22.6 Å². The van der Waals surface area contributed by atoms with E-state index in [4.69, 9.17) is 5.41 Å². The van der Waals surface area contributed by atoms with Crippen LogP contribution >= 0.6 is 0 Å². The zero-order chi connectivity index (χ0) is 26.4. The molecular formula is C30H31N5O2. The van der Waals surface area contributed by atoms with Gasteiger partial charge in [-0.05, 0) is 43.2 Å². The zero-order valence-corrected chi connectivity index (χ0v) is 21.3. The Morgan fingerprint density at radius 1 is 1.08 bits per heavy atom. The zero-order valence-electron chi connectivity index (χ0n) is 21.3. The predicted molar refractivity (Wildman–Crippen MR) is 147 cm³/mol. The molecule has 0 aliphatic rings. The molecule has 2 heterocycles. The lowest BCUT2D eigenvalue weighted by Gasteiger charge is -2.17.